The van der Waals surface area contributed by atoms with E-state index >= 15 is 0 Å². The van der Waals surface area contributed by atoms with Gasteiger partial charge in [0.1, 0.15) is 4.90 Å². The minimum Gasteiger partial charge on any atom is -0.205 e. The van der Waals surface area contributed by atoms with Crippen LogP contribution in [-0.4, -0.2) is 16.8 Å². The zero-order chi connectivity index (χ0) is 18.1. The van der Waals surface area contributed by atoms with Crippen LogP contribution in [0.3, 0.4) is 0 Å². The summed E-state index contributed by atoms with van der Waals surface area (Å²) >= 11 is 2.10. The van der Waals surface area contributed by atoms with Gasteiger partial charge in [0.15, 0.2) is 0 Å². The van der Waals surface area contributed by atoms with Gasteiger partial charge in [-0.3, -0.25) is 0 Å². The molecule has 0 saturated carbocycles. The van der Waals surface area contributed by atoms with Crippen molar-refractivity contribution in [2.75, 3.05) is 0 Å². The number of hydrogen-bond acceptors (Lipinski definition) is 5. The average Bonchev–Trinajstić information content (AvgIpc) is 2.61. The topological polar surface area (TPSA) is 89.5 Å². The van der Waals surface area contributed by atoms with Crippen LogP contribution in [0.15, 0.2) is 76.5 Å². The summed E-state index contributed by atoms with van der Waals surface area (Å²) in [6, 6.07) is 17.3. The van der Waals surface area contributed by atoms with Crippen molar-refractivity contribution >= 4 is 53.5 Å². The molecular formula is C16H12INO5S2. The van der Waals surface area contributed by atoms with Crippen LogP contribution in [0.25, 0.3) is 10.8 Å². The number of fused-ring (bicyclic) bond motifs is 1. The summed E-state index contributed by atoms with van der Waals surface area (Å²) in [7, 11) is -8.45. The van der Waals surface area contributed by atoms with Gasteiger partial charge >= 0.3 is 10.1 Å². The molecule has 9 heteroatoms. The molecule has 0 bridgehead atoms. The van der Waals surface area contributed by atoms with Gasteiger partial charge in [-0.2, -0.15) is 12.7 Å². The lowest BCUT2D eigenvalue weighted by molar-refractivity contribution is 0.274. The Labute approximate surface area is 159 Å². The molecule has 0 aliphatic rings. The van der Waals surface area contributed by atoms with Crippen LogP contribution in [0.1, 0.15) is 0 Å². The first-order valence-corrected chi connectivity index (χ1v) is 11.0. The third-order valence-corrected chi connectivity index (χ3v) is 6.84. The molecule has 0 radical (unpaired) electrons. The highest BCUT2D eigenvalue weighted by molar-refractivity contribution is 14.1. The van der Waals surface area contributed by atoms with E-state index in [1.165, 1.54) is 30.3 Å². The summed E-state index contributed by atoms with van der Waals surface area (Å²) < 4.78 is 54.7. The molecule has 0 atom stereocenters. The van der Waals surface area contributed by atoms with Gasteiger partial charge in [0.05, 0.1) is 4.90 Å². The van der Waals surface area contributed by atoms with Crippen molar-refractivity contribution in [2.24, 2.45) is 0 Å². The predicted octanol–water partition coefficient (Wildman–Crippen LogP) is 3.04. The molecule has 0 aliphatic carbocycles. The zero-order valence-electron chi connectivity index (χ0n) is 12.6. The Morgan fingerprint density at radius 2 is 1.40 bits per heavy atom. The molecule has 0 aliphatic heterocycles. The maximum Gasteiger partial charge on any atom is 0.314 e. The molecule has 3 rings (SSSR count). The molecule has 0 amide bonds. The molecule has 0 spiro atoms. The lowest BCUT2D eigenvalue weighted by atomic mass is 10.1. The van der Waals surface area contributed by atoms with Crippen molar-refractivity contribution in [3.63, 3.8) is 0 Å². The second-order valence-electron chi connectivity index (χ2n) is 5.03. The van der Waals surface area contributed by atoms with Crippen molar-refractivity contribution in [1.29, 1.82) is 0 Å². The summed E-state index contributed by atoms with van der Waals surface area (Å²) in [6.45, 7) is 0. The monoisotopic (exact) mass is 489 g/mol. The lowest BCUT2D eigenvalue weighted by Crippen LogP contribution is -2.27. The van der Waals surface area contributed by atoms with Gasteiger partial charge in [-0.15, -0.1) is 0 Å². The van der Waals surface area contributed by atoms with Gasteiger partial charge < -0.3 is 0 Å². The molecule has 0 fully saturated rings. The van der Waals surface area contributed by atoms with E-state index < -0.39 is 20.1 Å². The number of rotatable bonds is 5. The van der Waals surface area contributed by atoms with Crippen LogP contribution in [0, 0.1) is 3.57 Å². The van der Waals surface area contributed by atoms with Crippen molar-refractivity contribution in [3.8, 4) is 0 Å². The van der Waals surface area contributed by atoms with Crippen molar-refractivity contribution in [2.45, 2.75) is 9.79 Å². The number of benzene rings is 3. The molecule has 6 nitrogen and oxygen atoms in total. The average molecular weight is 489 g/mol. The Balaban J connectivity index is 1.95. The van der Waals surface area contributed by atoms with Crippen molar-refractivity contribution < 1.29 is 21.1 Å². The molecule has 1 N–H and O–H groups in total. The first-order valence-electron chi connectivity index (χ1n) is 6.99. The van der Waals surface area contributed by atoms with Crippen LogP contribution in [0.2, 0.25) is 0 Å². The van der Waals surface area contributed by atoms with Crippen LogP contribution in [0.5, 0.6) is 0 Å². The maximum atomic E-state index is 12.5. The molecule has 0 saturated heterocycles. The van der Waals surface area contributed by atoms with Gasteiger partial charge in [0.25, 0.3) is 10.0 Å². The number of sulfonamides is 1. The van der Waals surface area contributed by atoms with Crippen molar-refractivity contribution in [3.05, 3.63) is 70.3 Å². The third-order valence-electron chi connectivity index (χ3n) is 3.41. The summed E-state index contributed by atoms with van der Waals surface area (Å²) in [5, 5.41) is 1.19. The normalized spacial score (nSPS) is 12.4. The molecular weight excluding hydrogens is 477 g/mol. The summed E-state index contributed by atoms with van der Waals surface area (Å²) in [5.74, 6) is 0. The summed E-state index contributed by atoms with van der Waals surface area (Å²) in [6.07, 6.45) is 0. The first-order chi connectivity index (χ1) is 11.8. The number of hydrogen-bond donors (Lipinski definition) is 1. The quantitative estimate of drug-likeness (QED) is 0.440. The fourth-order valence-electron chi connectivity index (χ4n) is 2.24. The Kier molecular flexibility index (Phi) is 5.11. The Hall–Kier alpha value is -1.53. The summed E-state index contributed by atoms with van der Waals surface area (Å²) in [5.41, 5.74) is 0. The zero-order valence-corrected chi connectivity index (χ0v) is 16.4. The van der Waals surface area contributed by atoms with E-state index in [1.807, 2.05) is 6.07 Å². The number of nitrogens with one attached hydrogen (secondary N) is 1. The fourth-order valence-corrected chi connectivity index (χ4v) is 5.03. The van der Waals surface area contributed by atoms with Gasteiger partial charge in [0.2, 0.25) is 0 Å². The van der Waals surface area contributed by atoms with E-state index in [4.69, 9.17) is 0 Å². The largest absolute Gasteiger partial charge is 0.314 e. The minimum atomic E-state index is -4.34. The van der Waals surface area contributed by atoms with Gasteiger partial charge in [-0.05, 0) is 52.2 Å². The van der Waals surface area contributed by atoms with Crippen LogP contribution in [0.4, 0.5) is 0 Å². The van der Waals surface area contributed by atoms with Gasteiger partial charge in [-0.25, -0.2) is 8.42 Å². The highest BCUT2D eigenvalue weighted by atomic mass is 127. The molecule has 25 heavy (non-hydrogen) atoms. The lowest BCUT2D eigenvalue weighted by Gasteiger charge is -2.10. The first kappa shape index (κ1) is 18.3. The fraction of sp³-hybridized carbons (Fsp3) is 0. The van der Waals surface area contributed by atoms with E-state index in [2.05, 4.69) is 26.9 Å². The van der Waals surface area contributed by atoms with Crippen LogP contribution >= 0.6 is 22.6 Å². The molecule has 0 aromatic heterocycles. The molecule has 0 unspecified atom stereocenters. The predicted molar refractivity (Wildman–Crippen MR) is 102 cm³/mol. The highest BCUT2D eigenvalue weighted by Gasteiger charge is 2.23. The second-order valence-corrected chi connectivity index (χ2v) is 9.35. The van der Waals surface area contributed by atoms with E-state index in [0.29, 0.717) is 5.39 Å². The molecule has 130 valence electrons. The molecule has 0 heterocycles. The summed E-state index contributed by atoms with van der Waals surface area (Å²) in [4.78, 5) is 1.46. The van der Waals surface area contributed by atoms with E-state index in [-0.39, 0.29) is 9.79 Å². The molecule has 3 aromatic rings. The van der Waals surface area contributed by atoms with E-state index in [9.17, 15) is 16.8 Å². The van der Waals surface area contributed by atoms with Crippen LogP contribution in [-0.2, 0) is 24.4 Å². The number of halogens is 1. The van der Waals surface area contributed by atoms with E-state index in [1.54, 1.807) is 35.2 Å². The smallest absolute Gasteiger partial charge is 0.205 e. The van der Waals surface area contributed by atoms with E-state index in [0.717, 1.165) is 8.96 Å². The maximum absolute atomic E-state index is 12.5. The minimum absolute atomic E-state index is 0.0994. The van der Waals surface area contributed by atoms with Crippen LogP contribution < -0.4 is 4.89 Å². The third kappa shape index (κ3) is 3.85. The van der Waals surface area contributed by atoms with Crippen molar-refractivity contribution in [1.82, 2.24) is 4.89 Å². The SMILES string of the molecule is O=S(=O)(NOS(=O)(=O)c1cccc2c(I)cccc12)c1ccccc1. The Bertz CT molecular complexity index is 1130. The standard InChI is InChI=1S/C16H12INO5S2/c17-15-10-4-9-14-13(15)8-5-11-16(14)25(21,22)23-18-24(19,20)12-6-2-1-3-7-12/h1-11,18H. The Morgan fingerprint density at radius 1 is 0.760 bits per heavy atom. The van der Waals surface area contributed by atoms with Gasteiger partial charge in [-0.1, -0.05) is 47.3 Å². The Morgan fingerprint density at radius 3 is 2.12 bits per heavy atom. The second kappa shape index (κ2) is 7.00. The van der Waals surface area contributed by atoms with Gasteiger partial charge in [0, 0.05) is 8.96 Å². The highest BCUT2D eigenvalue weighted by Crippen LogP contribution is 2.27. The molecule has 3 aromatic carbocycles.